The first-order chi connectivity index (χ1) is 12.1. The second-order valence-electron chi connectivity index (χ2n) is 5.01. The molecule has 0 atom stereocenters. The molecule has 1 amide bonds. The van der Waals surface area contributed by atoms with Gasteiger partial charge < -0.3 is 4.74 Å². The van der Waals surface area contributed by atoms with Gasteiger partial charge in [0.1, 0.15) is 5.75 Å². The Morgan fingerprint density at radius 2 is 1.77 bits per heavy atom. The SMILES string of the molecule is NNC(=O)COc1ccc(S(=O)(=O)Nc2cccc(C(F)(F)F)c2)cc1. The van der Waals surface area contributed by atoms with Crippen LogP contribution >= 0.6 is 0 Å². The van der Waals surface area contributed by atoms with Crippen LogP contribution in [0.5, 0.6) is 5.75 Å². The van der Waals surface area contributed by atoms with E-state index < -0.39 is 27.7 Å². The molecule has 140 valence electrons. The van der Waals surface area contributed by atoms with E-state index in [2.05, 4.69) is 4.72 Å². The smallest absolute Gasteiger partial charge is 0.416 e. The van der Waals surface area contributed by atoms with Crippen molar-refractivity contribution >= 4 is 21.6 Å². The summed E-state index contributed by atoms with van der Waals surface area (Å²) in [5.41, 5.74) is 0.668. The number of nitrogens with one attached hydrogen (secondary N) is 2. The fraction of sp³-hybridized carbons (Fsp3) is 0.133. The maximum atomic E-state index is 12.7. The molecule has 0 spiro atoms. The van der Waals surface area contributed by atoms with Crippen molar-refractivity contribution in [2.45, 2.75) is 11.1 Å². The lowest BCUT2D eigenvalue weighted by Crippen LogP contribution is -2.34. The third kappa shape index (κ3) is 5.10. The van der Waals surface area contributed by atoms with Crippen molar-refractivity contribution in [1.82, 2.24) is 5.43 Å². The number of sulfonamides is 1. The first-order valence-corrected chi connectivity index (χ1v) is 8.52. The molecule has 0 unspecified atom stereocenters. The van der Waals surface area contributed by atoms with E-state index in [4.69, 9.17) is 10.6 Å². The molecule has 0 aliphatic carbocycles. The van der Waals surface area contributed by atoms with Crippen LogP contribution in [0.4, 0.5) is 18.9 Å². The molecule has 0 bridgehead atoms. The van der Waals surface area contributed by atoms with Crippen LogP contribution in [0.2, 0.25) is 0 Å². The number of hydrazine groups is 1. The summed E-state index contributed by atoms with van der Waals surface area (Å²) in [4.78, 5) is 10.8. The molecule has 2 rings (SSSR count). The Balaban J connectivity index is 2.14. The van der Waals surface area contributed by atoms with Crippen molar-refractivity contribution in [3.63, 3.8) is 0 Å². The van der Waals surface area contributed by atoms with Crippen molar-refractivity contribution in [1.29, 1.82) is 0 Å². The van der Waals surface area contributed by atoms with Crippen LogP contribution in [0.1, 0.15) is 5.56 Å². The zero-order valence-electron chi connectivity index (χ0n) is 13.1. The predicted octanol–water partition coefficient (Wildman–Crippen LogP) is 1.87. The minimum Gasteiger partial charge on any atom is -0.484 e. The van der Waals surface area contributed by atoms with Gasteiger partial charge in [-0.05, 0) is 42.5 Å². The van der Waals surface area contributed by atoms with Gasteiger partial charge in [0.2, 0.25) is 0 Å². The molecule has 7 nitrogen and oxygen atoms in total. The number of anilines is 1. The molecule has 26 heavy (non-hydrogen) atoms. The maximum Gasteiger partial charge on any atom is 0.416 e. The van der Waals surface area contributed by atoms with Crippen molar-refractivity contribution in [2.75, 3.05) is 11.3 Å². The van der Waals surface area contributed by atoms with Crippen LogP contribution in [-0.2, 0) is 21.0 Å². The average Bonchev–Trinajstić information content (AvgIpc) is 2.59. The van der Waals surface area contributed by atoms with Crippen LogP contribution in [0, 0.1) is 0 Å². The van der Waals surface area contributed by atoms with Gasteiger partial charge in [-0.15, -0.1) is 0 Å². The molecule has 11 heteroatoms. The molecule has 0 aliphatic rings. The number of hydrogen-bond acceptors (Lipinski definition) is 5. The second-order valence-corrected chi connectivity index (χ2v) is 6.69. The first kappa shape index (κ1) is 19.5. The quantitative estimate of drug-likeness (QED) is 0.397. The van der Waals surface area contributed by atoms with E-state index in [0.717, 1.165) is 12.1 Å². The average molecular weight is 389 g/mol. The summed E-state index contributed by atoms with van der Waals surface area (Å²) in [7, 11) is -4.10. The minimum atomic E-state index is -4.59. The van der Waals surface area contributed by atoms with E-state index in [1.165, 1.54) is 30.3 Å². The molecule has 4 N–H and O–H groups in total. The molecule has 0 heterocycles. The van der Waals surface area contributed by atoms with Crippen LogP contribution < -0.4 is 20.7 Å². The summed E-state index contributed by atoms with van der Waals surface area (Å²) < 4.78 is 69.8. The topological polar surface area (TPSA) is 111 Å². The molecule has 0 aromatic heterocycles. The number of alkyl halides is 3. The standard InChI is InChI=1S/C15H14F3N3O4S/c16-15(17,18)10-2-1-3-11(8-10)21-26(23,24)13-6-4-12(5-7-13)25-9-14(22)20-19/h1-8,21H,9,19H2,(H,20,22). The molecule has 2 aromatic rings. The Bertz CT molecular complexity index is 884. The summed E-state index contributed by atoms with van der Waals surface area (Å²) in [6.45, 7) is -0.356. The van der Waals surface area contributed by atoms with Crippen molar-refractivity contribution in [3.8, 4) is 5.75 Å². The van der Waals surface area contributed by atoms with E-state index in [9.17, 15) is 26.4 Å². The van der Waals surface area contributed by atoms with E-state index in [1.807, 2.05) is 5.43 Å². The van der Waals surface area contributed by atoms with Crippen molar-refractivity contribution < 1.29 is 31.1 Å². The normalized spacial score (nSPS) is 11.7. The highest BCUT2D eigenvalue weighted by Gasteiger charge is 2.30. The Morgan fingerprint density at radius 3 is 2.35 bits per heavy atom. The number of halogens is 3. The van der Waals surface area contributed by atoms with Gasteiger partial charge in [-0.1, -0.05) is 6.07 Å². The van der Waals surface area contributed by atoms with Gasteiger partial charge in [-0.3, -0.25) is 14.9 Å². The fourth-order valence-electron chi connectivity index (χ4n) is 1.88. The number of carbonyl (C=O) groups excluding carboxylic acids is 1. The Hall–Kier alpha value is -2.79. The lowest BCUT2D eigenvalue weighted by molar-refractivity contribution is -0.137. The Kier molecular flexibility index (Phi) is 5.73. The molecular weight excluding hydrogens is 375 g/mol. The lowest BCUT2D eigenvalue weighted by Gasteiger charge is -2.12. The van der Waals surface area contributed by atoms with Crippen molar-refractivity contribution in [3.05, 3.63) is 54.1 Å². The molecule has 2 aromatic carbocycles. The van der Waals surface area contributed by atoms with Gasteiger partial charge in [-0.25, -0.2) is 14.3 Å². The predicted molar refractivity (Wildman–Crippen MR) is 86.5 cm³/mol. The van der Waals surface area contributed by atoms with E-state index in [1.54, 1.807) is 0 Å². The summed E-state index contributed by atoms with van der Waals surface area (Å²) in [5, 5.41) is 0. The Labute approximate surface area is 147 Å². The molecular formula is C15H14F3N3O4S. The highest BCUT2D eigenvalue weighted by molar-refractivity contribution is 7.92. The summed E-state index contributed by atoms with van der Waals surface area (Å²) in [5.74, 6) is 4.53. The van der Waals surface area contributed by atoms with E-state index in [-0.39, 0.29) is 22.9 Å². The highest BCUT2D eigenvalue weighted by atomic mass is 32.2. The monoisotopic (exact) mass is 389 g/mol. The molecule has 0 fully saturated rings. The fourth-order valence-corrected chi connectivity index (χ4v) is 2.93. The van der Waals surface area contributed by atoms with E-state index in [0.29, 0.717) is 6.07 Å². The van der Waals surface area contributed by atoms with Gasteiger partial charge in [0, 0.05) is 5.69 Å². The number of hydrogen-bond donors (Lipinski definition) is 3. The van der Waals surface area contributed by atoms with Gasteiger partial charge in [0.05, 0.1) is 10.5 Å². The van der Waals surface area contributed by atoms with Gasteiger partial charge in [0.15, 0.2) is 6.61 Å². The molecule has 0 aliphatic heterocycles. The maximum absolute atomic E-state index is 12.7. The lowest BCUT2D eigenvalue weighted by atomic mass is 10.2. The van der Waals surface area contributed by atoms with Gasteiger partial charge >= 0.3 is 6.18 Å². The summed E-state index contributed by atoms with van der Waals surface area (Å²) in [6.07, 6.45) is -4.59. The van der Waals surface area contributed by atoms with Crippen LogP contribution in [-0.4, -0.2) is 20.9 Å². The number of amides is 1. The number of rotatable bonds is 6. The van der Waals surface area contributed by atoms with Crippen molar-refractivity contribution in [2.24, 2.45) is 5.84 Å². The summed E-state index contributed by atoms with van der Waals surface area (Å²) in [6, 6.07) is 8.80. The number of benzene rings is 2. The van der Waals surface area contributed by atoms with Gasteiger partial charge in [-0.2, -0.15) is 13.2 Å². The third-order valence-corrected chi connectivity index (χ3v) is 4.50. The molecule has 0 radical (unpaired) electrons. The largest absolute Gasteiger partial charge is 0.484 e. The number of ether oxygens (including phenoxy) is 1. The zero-order chi connectivity index (χ0) is 19.4. The summed E-state index contributed by atoms with van der Waals surface area (Å²) >= 11 is 0. The van der Waals surface area contributed by atoms with Crippen LogP contribution in [0.25, 0.3) is 0 Å². The zero-order valence-corrected chi connectivity index (χ0v) is 13.9. The highest BCUT2D eigenvalue weighted by Crippen LogP contribution is 2.31. The minimum absolute atomic E-state index is 0.189. The number of carbonyl (C=O) groups is 1. The van der Waals surface area contributed by atoms with E-state index >= 15 is 0 Å². The second kappa shape index (κ2) is 7.62. The third-order valence-electron chi connectivity index (χ3n) is 3.11. The van der Waals surface area contributed by atoms with Crippen LogP contribution in [0.15, 0.2) is 53.4 Å². The molecule has 0 saturated carbocycles. The van der Waals surface area contributed by atoms with Gasteiger partial charge in [0.25, 0.3) is 15.9 Å². The molecule has 0 saturated heterocycles. The van der Waals surface area contributed by atoms with Crippen LogP contribution in [0.3, 0.4) is 0 Å². The Morgan fingerprint density at radius 1 is 1.12 bits per heavy atom. The number of nitrogens with two attached hydrogens (primary N) is 1. The first-order valence-electron chi connectivity index (χ1n) is 7.04.